The summed E-state index contributed by atoms with van der Waals surface area (Å²) in [4.78, 5) is 56.6. The molecule has 2 N–H and O–H groups in total. The van der Waals surface area contributed by atoms with E-state index in [-0.39, 0.29) is 46.5 Å². The predicted molar refractivity (Wildman–Crippen MR) is 251 cm³/mol. The molecule has 3 aromatic carbocycles. The lowest BCUT2D eigenvalue weighted by Crippen LogP contribution is -2.43. The van der Waals surface area contributed by atoms with E-state index in [1.165, 1.54) is 0 Å². The molecular formula is C53H59F3N8O2. The molecule has 0 spiro atoms. The van der Waals surface area contributed by atoms with Gasteiger partial charge in [0.05, 0.1) is 17.9 Å². The van der Waals surface area contributed by atoms with Crippen molar-refractivity contribution in [1.82, 2.24) is 39.7 Å². The van der Waals surface area contributed by atoms with Crippen molar-refractivity contribution in [1.29, 1.82) is 0 Å². The fourth-order valence-electron chi connectivity index (χ4n) is 10.1. The summed E-state index contributed by atoms with van der Waals surface area (Å²) in [5.41, 5.74) is 4.36. The van der Waals surface area contributed by atoms with Gasteiger partial charge in [-0.05, 0) is 74.7 Å². The minimum absolute atomic E-state index is 0.125. The van der Waals surface area contributed by atoms with E-state index >= 15 is 0 Å². The first kappa shape index (κ1) is 46.3. The number of carbonyl (C=O) groups excluding carboxylic acids is 2. The molecule has 0 radical (unpaired) electrons. The Balaban J connectivity index is 0.962. The number of aromatic amines is 2. The molecule has 2 aliphatic rings. The molecule has 1 unspecified atom stereocenters. The number of benzene rings is 3. The molecule has 8 rings (SSSR count). The van der Waals surface area contributed by atoms with Gasteiger partial charge in [-0.2, -0.15) is 13.2 Å². The first-order valence-corrected chi connectivity index (χ1v) is 23.5. The zero-order chi connectivity index (χ0) is 46.4. The van der Waals surface area contributed by atoms with Crippen LogP contribution in [0.15, 0.2) is 115 Å². The van der Waals surface area contributed by atoms with Crippen LogP contribution < -0.4 is 0 Å². The Bertz CT molecular complexity index is 2580. The largest absolute Gasteiger partial charge is 0.433 e. The van der Waals surface area contributed by atoms with E-state index in [4.69, 9.17) is 4.98 Å². The van der Waals surface area contributed by atoms with E-state index in [0.717, 1.165) is 72.3 Å². The standard InChI is InChI=1S/C53H59F3N8O2/c1-5-35(6-2)45(36-18-11-9-12-19-36)44(65)30-34-17-15-22-40(29-34)50-59-33-42(60-50)41-31-57-49(58-32-41)39-26-24-37(25-27-39)46-48(53(54,55)56)62-51(61-46)43-23-16-28-64(43)52(66)47(63(7-3)8-4)38-20-13-10-14-21-38/h9-14,18-21,24-27,30-33,35,40,43,45,47H,5-8,15-17,22-23,28-29H2,1-4H3,(H,59,60)(H,61,62)/b34-30+/t40?,43-,45+,47+/m0/s1. The highest BCUT2D eigenvalue weighted by atomic mass is 19.4. The number of hydrogen-bond acceptors (Lipinski definition) is 7. The number of rotatable bonds is 16. The normalized spacial score (nSPS) is 18.3. The zero-order valence-electron chi connectivity index (χ0n) is 38.2. The number of imidazole rings is 2. The van der Waals surface area contributed by atoms with Crippen LogP contribution in [-0.4, -0.2) is 71.0 Å². The highest BCUT2D eigenvalue weighted by Crippen LogP contribution is 2.42. The van der Waals surface area contributed by atoms with Crippen molar-refractivity contribution in [3.8, 4) is 33.9 Å². The van der Waals surface area contributed by atoms with Gasteiger partial charge in [0.15, 0.2) is 11.6 Å². The summed E-state index contributed by atoms with van der Waals surface area (Å²) in [5, 5.41) is 0. The molecule has 1 aliphatic heterocycles. The average molecular weight is 897 g/mol. The maximum Gasteiger partial charge on any atom is 0.433 e. The Hall–Kier alpha value is -6.21. The third-order valence-electron chi connectivity index (χ3n) is 13.6. The van der Waals surface area contributed by atoms with Crippen LogP contribution in [0.1, 0.15) is 131 Å². The van der Waals surface area contributed by atoms with Crippen LogP contribution in [0.2, 0.25) is 0 Å². The molecule has 0 bridgehead atoms. The number of nitrogens with one attached hydrogen (secondary N) is 2. The number of aromatic nitrogens is 6. The van der Waals surface area contributed by atoms with Crippen molar-refractivity contribution < 1.29 is 22.8 Å². The number of likely N-dealkylation sites (tertiary alicyclic amines) is 1. The van der Waals surface area contributed by atoms with Crippen LogP contribution in [0.3, 0.4) is 0 Å². The second kappa shape index (κ2) is 20.5. The van der Waals surface area contributed by atoms with E-state index in [2.05, 4.69) is 55.8 Å². The van der Waals surface area contributed by atoms with Gasteiger partial charge in [-0.3, -0.25) is 14.5 Å². The maximum atomic E-state index is 14.7. The van der Waals surface area contributed by atoms with Crippen molar-refractivity contribution in [3.63, 3.8) is 0 Å². The molecule has 4 atom stereocenters. The number of likely N-dealkylation sites (N-methyl/N-ethyl adjacent to an activating group) is 1. The Labute approximate surface area is 385 Å². The molecule has 13 heteroatoms. The van der Waals surface area contributed by atoms with Crippen LogP contribution in [0, 0.1) is 5.92 Å². The van der Waals surface area contributed by atoms with E-state index in [1.807, 2.05) is 68.5 Å². The number of allylic oxidation sites excluding steroid dienone is 2. The highest BCUT2D eigenvalue weighted by molar-refractivity contribution is 5.96. The zero-order valence-corrected chi connectivity index (χ0v) is 38.2. The fraction of sp³-hybridized carbons (Fsp3) is 0.396. The van der Waals surface area contributed by atoms with Gasteiger partial charge >= 0.3 is 6.18 Å². The SMILES string of the molecule is CCC(CC)[C@@H](C(=O)/C=C1\CCCC(c2ncc(-c3cnc(-c4ccc(-c5nc([C@@H]6CCCN6C(=O)[C@@H](c6ccccc6)N(CC)CC)[nH]c5C(F)(F)F)cc4)nc3)[nH]2)C1)c1ccccc1. The second-order valence-electron chi connectivity index (χ2n) is 17.6. The number of hydrogen-bond donors (Lipinski definition) is 2. The number of carbonyl (C=O) groups is 2. The van der Waals surface area contributed by atoms with E-state index in [9.17, 15) is 22.8 Å². The minimum Gasteiger partial charge on any atom is -0.342 e. The minimum atomic E-state index is -4.71. The van der Waals surface area contributed by atoms with Gasteiger partial charge in [-0.15, -0.1) is 0 Å². The first-order valence-electron chi connectivity index (χ1n) is 23.5. The van der Waals surface area contributed by atoms with E-state index < -0.39 is 24.0 Å². The van der Waals surface area contributed by atoms with Crippen LogP contribution >= 0.6 is 0 Å². The van der Waals surface area contributed by atoms with Gasteiger partial charge in [0.1, 0.15) is 29.1 Å². The Kier molecular flexibility index (Phi) is 14.4. The molecule has 10 nitrogen and oxygen atoms in total. The van der Waals surface area contributed by atoms with Crippen LogP contribution in [0.5, 0.6) is 0 Å². The molecule has 1 amide bonds. The molecule has 6 aromatic rings. The van der Waals surface area contributed by atoms with Crippen LogP contribution in [0.25, 0.3) is 33.9 Å². The molecule has 2 fully saturated rings. The molecule has 3 aromatic heterocycles. The third kappa shape index (κ3) is 9.96. The Morgan fingerprint density at radius 3 is 2.06 bits per heavy atom. The van der Waals surface area contributed by atoms with Gasteiger partial charge < -0.3 is 14.9 Å². The molecule has 1 aliphatic carbocycles. The van der Waals surface area contributed by atoms with Gasteiger partial charge in [0.2, 0.25) is 5.91 Å². The number of alkyl halides is 3. The maximum absolute atomic E-state index is 14.7. The number of H-pyrrole nitrogens is 2. The molecule has 4 heterocycles. The summed E-state index contributed by atoms with van der Waals surface area (Å²) in [6.45, 7) is 10.0. The molecular weight excluding hydrogens is 838 g/mol. The van der Waals surface area contributed by atoms with Crippen LogP contribution in [0.4, 0.5) is 13.2 Å². The van der Waals surface area contributed by atoms with Crippen molar-refractivity contribution in [2.24, 2.45) is 5.92 Å². The summed E-state index contributed by atoms with van der Waals surface area (Å²) in [6.07, 6.45) is 9.05. The first-order chi connectivity index (χ1) is 32.0. The number of halogens is 3. The summed E-state index contributed by atoms with van der Waals surface area (Å²) in [7, 11) is 0. The predicted octanol–water partition coefficient (Wildman–Crippen LogP) is 12.1. The highest BCUT2D eigenvalue weighted by Gasteiger charge is 2.42. The molecule has 344 valence electrons. The fourth-order valence-corrected chi connectivity index (χ4v) is 10.1. The van der Waals surface area contributed by atoms with Crippen molar-refractivity contribution in [2.75, 3.05) is 19.6 Å². The molecule has 1 saturated carbocycles. The second-order valence-corrected chi connectivity index (χ2v) is 17.6. The van der Waals surface area contributed by atoms with E-state index in [0.29, 0.717) is 43.9 Å². The topological polar surface area (TPSA) is 124 Å². The van der Waals surface area contributed by atoms with Gasteiger partial charge in [-0.1, -0.05) is 131 Å². The summed E-state index contributed by atoms with van der Waals surface area (Å²) < 4.78 is 44.0. The third-order valence-corrected chi connectivity index (χ3v) is 13.6. The van der Waals surface area contributed by atoms with Gasteiger partial charge in [0, 0.05) is 47.5 Å². The Morgan fingerprint density at radius 2 is 1.42 bits per heavy atom. The smallest absolute Gasteiger partial charge is 0.342 e. The lowest BCUT2D eigenvalue weighted by Gasteiger charge is -2.34. The van der Waals surface area contributed by atoms with Crippen molar-refractivity contribution in [3.05, 3.63) is 144 Å². The quantitative estimate of drug-likeness (QED) is 0.0927. The molecule has 66 heavy (non-hydrogen) atoms. The lowest BCUT2D eigenvalue weighted by molar-refractivity contribution is -0.140. The average Bonchev–Trinajstić information content (AvgIpc) is 4.14. The number of nitrogens with zero attached hydrogens (tertiary/aromatic N) is 6. The monoisotopic (exact) mass is 896 g/mol. The van der Waals surface area contributed by atoms with Crippen LogP contribution in [-0.2, 0) is 15.8 Å². The van der Waals surface area contributed by atoms with Gasteiger partial charge in [-0.25, -0.2) is 19.9 Å². The summed E-state index contributed by atoms with van der Waals surface area (Å²) in [5.74, 6) is 1.73. The van der Waals surface area contributed by atoms with Crippen molar-refractivity contribution in [2.45, 2.75) is 109 Å². The number of ketones is 1. The summed E-state index contributed by atoms with van der Waals surface area (Å²) >= 11 is 0. The Morgan fingerprint density at radius 1 is 0.773 bits per heavy atom. The molecule has 1 saturated heterocycles. The lowest BCUT2D eigenvalue weighted by atomic mass is 9.78. The van der Waals surface area contributed by atoms with E-state index in [1.54, 1.807) is 47.8 Å². The van der Waals surface area contributed by atoms with Gasteiger partial charge in [0.25, 0.3) is 0 Å². The van der Waals surface area contributed by atoms with Crippen molar-refractivity contribution >= 4 is 11.7 Å². The summed E-state index contributed by atoms with van der Waals surface area (Å²) in [6, 6.07) is 25.1. The number of amides is 1.